The molecule has 46 valence electrons. The van der Waals surface area contributed by atoms with Crippen LogP contribution in [0.4, 0.5) is 0 Å². The fraction of sp³-hybridized carbons (Fsp3) is 0. The van der Waals surface area contributed by atoms with Gasteiger partial charge in [0.25, 0.3) is 0 Å². The molecule has 2 heterocycles. The molecule has 9 heavy (non-hydrogen) atoms. The maximum absolute atomic E-state index is 4.79. The SMILES string of the molecule is C1=Cc2cscc2OO1. The minimum absolute atomic E-state index is 0.808. The minimum atomic E-state index is 0.808. The van der Waals surface area contributed by atoms with Gasteiger partial charge in [0.2, 0.25) is 0 Å². The highest BCUT2D eigenvalue weighted by Crippen LogP contribution is 2.27. The summed E-state index contributed by atoms with van der Waals surface area (Å²) in [6, 6.07) is 0. The van der Waals surface area contributed by atoms with E-state index in [0.29, 0.717) is 0 Å². The molecular weight excluding hydrogens is 136 g/mol. The Morgan fingerprint density at radius 3 is 3.22 bits per heavy atom. The second-order valence-corrected chi connectivity index (χ2v) is 2.42. The Morgan fingerprint density at radius 1 is 1.33 bits per heavy atom. The molecule has 0 bridgehead atoms. The summed E-state index contributed by atoms with van der Waals surface area (Å²) in [5, 5.41) is 3.91. The summed E-state index contributed by atoms with van der Waals surface area (Å²) < 4.78 is 0. The predicted octanol–water partition coefficient (Wildman–Crippen LogP) is 2.04. The number of rotatable bonds is 0. The van der Waals surface area contributed by atoms with Crippen LogP contribution >= 0.6 is 11.3 Å². The molecule has 0 amide bonds. The summed E-state index contributed by atoms with van der Waals surface area (Å²) in [6.45, 7) is 0. The first-order valence-electron chi connectivity index (χ1n) is 2.53. The van der Waals surface area contributed by atoms with Gasteiger partial charge in [-0.1, -0.05) is 0 Å². The molecule has 0 saturated heterocycles. The summed E-state index contributed by atoms with van der Waals surface area (Å²) in [5.41, 5.74) is 1.09. The maximum Gasteiger partial charge on any atom is 0.196 e. The lowest BCUT2D eigenvalue weighted by Gasteiger charge is -2.04. The van der Waals surface area contributed by atoms with E-state index in [2.05, 4.69) is 4.89 Å². The molecule has 1 aromatic heterocycles. The average Bonchev–Trinajstić information content (AvgIpc) is 2.33. The van der Waals surface area contributed by atoms with Gasteiger partial charge in [0, 0.05) is 16.3 Å². The molecule has 0 aromatic carbocycles. The lowest BCUT2D eigenvalue weighted by molar-refractivity contribution is -0.150. The smallest absolute Gasteiger partial charge is 0.196 e. The molecule has 1 aliphatic rings. The number of fused-ring (bicyclic) bond motifs is 1. The molecule has 0 unspecified atom stereocenters. The predicted molar refractivity (Wildman–Crippen MR) is 35.1 cm³/mol. The van der Waals surface area contributed by atoms with E-state index in [1.165, 1.54) is 6.26 Å². The van der Waals surface area contributed by atoms with E-state index < -0.39 is 0 Å². The van der Waals surface area contributed by atoms with Gasteiger partial charge in [-0.2, -0.15) is 0 Å². The van der Waals surface area contributed by atoms with Crippen molar-refractivity contribution in [2.75, 3.05) is 0 Å². The van der Waals surface area contributed by atoms with Gasteiger partial charge < -0.3 is 0 Å². The first-order chi connectivity index (χ1) is 4.47. The van der Waals surface area contributed by atoms with Gasteiger partial charge in [0.05, 0.1) is 0 Å². The molecule has 0 N–H and O–H groups in total. The van der Waals surface area contributed by atoms with Crippen molar-refractivity contribution in [2.45, 2.75) is 0 Å². The third-order valence-corrected chi connectivity index (χ3v) is 1.84. The quantitative estimate of drug-likeness (QED) is 0.513. The third kappa shape index (κ3) is 0.695. The third-order valence-electron chi connectivity index (χ3n) is 1.10. The fourth-order valence-electron chi connectivity index (χ4n) is 0.665. The van der Waals surface area contributed by atoms with Crippen LogP contribution in [0.3, 0.4) is 0 Å². The van der Waals surface area contributed by atoms with E-state index >= 15 is 0 Å². The molecule has 0 aliphatic carbocycles. The molecule has 2 nitrogen and oxygen atoms in total. The van der Waals surface area contributed by atoms with Crippen molar-refractivity contribution in [3.8, 4) is 5.75 Å². The molecule has 3 heteroatoms. The van der Waals surface area contributed by atoms with Crippen molar-refractivity contribution in [3.05, 3.63) is 22.6 Å². The Morgan fingerprint density at radius 2 is 2.33 bits per heavy atom. The Kier molecular flexibility index (Phi) is 0.960. The van der Waals surface area contributed by atoms with Crippen molar-refractivity contribution in [2.24, 2.45) is 0 Å². The largest absolute Gasteiger partial charge is 0.298 e. The summed E-state index contributed by atoms with van der Waals surface area (Å²) >= 11 is 1.60. The van der Waals surface area contributed by atoms with Crippen molar-refractivity contribution in [1.29, 1.82) is 0 Å². The minimum Gasteiger partial charge on any atom is -0.298 e. The van der Waals surface area contributed by atoms with Crippen LogP contribution in [-0.2, 0) is 4.89 Å². The van der Waals surface area contributed by atoms with Gasteiger partial charge in [-0.15, -0.1) is 11.3 Å². The topological polar surface area (TPSA) is 18.5 Å². The Hall–Kier alpha value is -0.960. The van der Waals surface area contributed by atoms with Crippen molar-refractivity contribution in [1.82, 2.24) is 0 Å². The molecule has 0 atom stereocenters. The van der Waals surface area contributed by atoms with Gasteiger partial charge >= 0.3 is 0 Å². The fourth-order valence-corrected chi connectivity index (χ4v) is 1.37. The highest BCUT2D eigenvalue weighted by molar-refractivity contribution is 7.08. The lowest BCUT2D eigenvalue weighted by Crippen LogP contribution is -1.93. The van der Waals surface area contributed by atoms with Crippen LogP contribution in [0.15, 0.2) is 17.0 Å². The van der Waals surface area contributed by atoms with Crippen LogP contribution in [0.5, 0.6) is 5.75 Å². The maximum atomic E-state index is 4.79. The second-order valence-electron chi connectivity index (χ2n) is 1.67. The molecule has 1 aromatic rings. The van der Waals surface area contributed by atoms with Crippen LogP contribution < -0.4 is 4.89 Å². The second kappa shape index (κ2) is 1.77. The standard InChI is InChI=1S/C6H4O2S/c1-2-7-8-6-4-9-3-5(1)6/h1-4H. The Labute approximate surface area is 56.3 Å². The van der Waals surface area contributed by atoms with Crippen LogP contribution in [-0.4, -0.2) is 0 Å². The highest BCUT2D eigenvalue weighted by atomic mass is 32.1. The van der Waals surface area contributed by atoms with Gasteiger partial charge in [-0.05, 0) is 6.08 Å². The summed E-state index contributed by atoms with van der Waals surface area (Å²) in [6.07, 6.45) is 3.39. The normalized spacial score (nSPS) is 13.8. The Bertz CT molecular complexity index is 239. The van der Waals surface area contributed by atoms with E-state index in [-0.39, 0.29) is 0 Å². The molecule has 0 spiro atoms. The summed E-state index contributed by atoms with van der Waals surface area (Å²) in [4.78, 5) is 9.37. The van der Waals surface area contributed by atoms with Crippen LogP contribution in [0.1, 0.15) is 5.56 Å². The van der Waals surface area contributed by atoms with Crippen molar-refractivity contribution in [3.63, 3.8) is 0 Å². The molecular formula is C6H4O2S. The van der Waals surface area contributed by atoms with Crippen molar-refractivity contribution >= 4 is 17.4 Å². The van der Waals surface area contributed by atoms with Crippen LogP contribution in [0.2, 0.25) is 0 Å². The Balaban J connectivity index is 2.53. The number of hydrogen-bond acceptors (Lipinski definition) is 3. The molecule has 0 saturated carbocycles. The van der Waals surface area contributed by atoms with Gasteiger partial charge in [0.1, 0.15) is 6.26 Å². The molecule has 0 fully saturated rings. The number of hydrogen-bond donors (Lipinski definition) is 0. The van der Waals surface area contributed by atoms with E-state index in [1.807, 2.05) is 16.8 Å². The first kappa shape index (κ1) is 4.88. The zero-order valence-electron chi connectivity index (χ0n) is 4.53. The molecule has 2 rings (SSSR count). The lowest BCUT2D eigenvalue weighted by atomic mass is 10.3. The highest BCUT2D eigenvalue weighted by Gasteiger charge is 2.05. The summed E-state index contributed by atoms with van der Waals surface area (Å²) in [5.74, 6) is 0.808. The first-order valence-corrected chi connectivity index (χ1v) is 3.47. The van der Waals surface area contributed by atoms with Crippen LogP contribution in [0.25, 0.3) is 6.08 Å². The van der Waals surface area contributed by atoms with E-state index in [4.69, 9.17) is 4.89 Å². The number of thiophene rings is 1. The zero-order chi connectivity index (χ0) is 6.10. The van der Waals surface area contributed by atoms with Crippen LogP contribution in [0, 0.1) is 0 Å². The van der Waals surface area contributed by atoms with E-state index in [9.17, 15) is 0 Å². The summed E-state index contributed by atoms with van der Waals surface area (Å²) in [7, 11) is 0. The van der Waals surface area contributed by atoms with Gasteiger partial charge in [-0.3, -0.25) is 9.78 Å². The van der Waals surface area contributed by atoms with E-state index in [0.717, 1.165) is 11.3 Å². The monoisotopic (exact) mass is 140 g/mol. The van der Waals surface area contributed by atoms with Gasteiger partial charge in [-0.25, -0.2) is 0 Å². The van der Waals surface area contributed by atoms with E-state index in [1.54, 1.807) is 11.3 Å². The molecule has 1 aliphatic heterocycles. The average molecular weight is 140 g/mol. The van der Waals surface area contributed by atoms with Gasteiger partial charge in [0.15, 0.2) is 5.75 Å². The molecule has 0 radical (unpaired) electrons. The zero-order valence-corrected chi connectivity index (χ0v) is 5.35. The van der Waals surface area contributed by atoms with Crippen molar-refractivity contribution < 1.29 is 9.78 Å².